The highest BCUT2D eigenvalue weighted by Crippen LogP contribution is 2.20. The van der Waals surface area contributed by atoms with Crippen LogP contribution in [0.3, 0.4) is 0 Å². The second-order valence-electron chi connectivity index (χ2n) is 5.52. The third-order valence-electron chi connectivity index (χ3n) is 2.15. The fourth-order valence-electron chi connectivity index (χ4n) is 1.26. The second-order valence-corrected chi connectivity index (χ2v) is 6.63. The van der Waals surface area contributed by atoms with Crippen molar-refractivity contribution in [2.24, 2.45) is 5.41 Å². The summed E-state index contributed by atoms with van der Waals surface area (Å²) in [4.78, 5) is 11.5. The molecule has 19 heavy (non-hydrogen) atoms. The van der Waals surface area contributed by atoms with Crippen molar-refractivity contribution in [3.05, 3.63) is 0 Å². The molecule has 0 bridgehead atoms. The molecule has 0 saturated carbocycles. The fourth-order valence-corrected chi connectivity index (χ4v) is 2.34. The van der Waals surface area contributed by atoms with Crippen molar-refractivity contribution in [1.82, 2.24) is 5.32 Å². The molecule has 0 saturated heterocycles. The van der Waals surface area contributed by atoms with Crippen molar-refractivity contribution in [3.63, 3.8) is 0 Å². The second kappa shape index (κ2) is 11.6. The number of amides is 1. The van der Waals surface area contributed by atoms with Crippen LogP contribution in [0.5, 0.6) is 0 Å². The van der Waals surface area contributed by atoms with Crippen LogP contribution in [-0.4, -0.2) is 50.4 Å². The SMILES string of the molecule is CCOCCOCCNC(=O)CCSCC(C)(C)C. The largest absolute Gasteiger partial charge is 0.379 e. The molecule has 0 aliphatic carbocycles. The summed E-state index contributed by atoms with van der Waals surface area (Å²) in [7, 11) is 0. The lowest BCUT2D eigenvalue weighted by atomic mass is 10.0. The van der Waals surface area contributed by atoms with Gasteiger partial charge in [0.1, 0.15) is 0 Å². The molecule has 0 aliphatic heterocycles. The van der Waals surface area contributed by atoms with Crippen LogP contribution < -0.4 is 5.32 Å². The van der Waals surface area contributed by atoms with Gasteiger partial charge in [-0.2, -0.15) is 11.8 Å². The van der Waals surface area contributed by atoms with E-state index in [1.807, 2.05) is 18.7 Å². The standard InChI is InChI=1S/C14H29NO3S/c1-5-17-9-10-18-8-7-15-13(16)6-11-19-12-14(2,3)4/h5-12H2,1-4H3,(H,15,16). The number of carbonyl (C=O) groups is 1. The smallest absolute Gasteiger partial charge is 0.220 e. The number of carbonyl (C=O) groups excluding carboxylic acids is 1. The summed E-state index contributed by atoms with van der Waals surface area (Å²) in [5, 5.41) is 2.85. The van der Waals surface area contributed by atoms with Crippen LogP contribution in [0.2, 0.25) is 0 Å². The van der Waals surface area contributed by atoms with Gasteiger partial charge in [0.25, 0.3) is 0 Å². The molecule has 0 radical (unpaired) electrons. The van der Waals surface area contributed by atoms with E-state index in [0.717, 1.165) is 11.5 Å². The quantitative estimate of drug-likeness (QED) is 0.594. The third-order valence-corrected chi connectivity index (χ3v) is 3.72. The zero-order chi connectivity index (χ0) is 14.6. The first kappa shape index (κ1) is 18.7. The lowest BCUT2D eigenvalue weighted by molar-refractivity contribution is -0.120. The van der Waals surface area contributed by atoms with E-state index >= 15 is 0 Å². The average molecular weight is 291 g/mol. The van der Waals surface area contributed by atoms with Crippen molar-refractivity contribution in [2.45, 2.75) is 34.1 Å². The van der Waals surface area contributed by atoms with Gasteiger partial charge in [0.2, 0.25) is 5.91 Å². The van der Waals surface area contributed by atoms with Gasteiger partial charge in [0.15, 0.2) is 0 Å². The van der Waals surface area contributed by atoms with Crippen LogP contribution in [0.25, 0.3) is 0 Å². The molecule has 0 unspecified atom stereocenters. The summed E-state index contributed by atoms with van der Waals surface area (Å²) in [5.74, 6) is 2.07. The number of hydrogen-bond acceptors (Lipinski definition) is 4. The number of hydrogen-bond donors (Lipinski definition) is 1. The molecule has 4 nitrogen and oxygen atoms in total. The molecule has 0 atom stereocenters. The lowest BCUT2D eigenvalue weighted by Gasteiger charge is -2.16. The maximum Gasteiger partial charge on any atom is 0.220 e. The molecule has 0 aromatic heterocycles. The Morgan fingerprint density at radius 2 is 1.84 bits per heavy atom. The van der Waals surface area contributed by atoms with Gasteiger partial charge in [-0.1, -0.05) is 20.8 Å². The number of nitrogens with one attached hydrogen (secondary N) is 1. The Labute approximate surface area is 122 Å². The summed E-state index contributed by atoms with van der Waals surface area (Å²) < 4.78 is 10.5. The number of thioether (sulfide) groups is 1. The molecule has 0 spiro atoms. The molecule has 0 aromatic carbocycles. The summed E-state index contributed by atoms with van der Waals surface area (Å²) in [6.45, 7) is 11.6. The maximum atomic E-state index is 11.5. The van der Waals surface area contributed by atoms with Crippen LogP contribution in [0.4, 0.5) is 0 Å². The van der Waals surface area contributed by atoms with Gasteiger partial charge < -0.3 is 14.8 Å². The van der Waals surface area contributed by atoms with E-state index in [-0.39, 0.29) is 5.91 Å². The molecule has 0 heterocycles. The molecule has 1 N–H and O–H groups in total. The van der Waals surface area contributed by atoms with E-state index in [1.165, 1.54) is 0 Å². The summed E-state index contributed by atoms with van der Waals surface area (Å²) >= 11 is 1.83. The minimum atomic E-state index is 0.106. The van der Waals surface area contributed by atoms with E-state index in [9.17, 15) is 4.79 Å². The van der Waals surface area contributed by atoms with Gasteiger partial charge in [-0.3, -0.25) is 4.79 Å². The van der Waals surface area contributed by atoms with Gasteiger partial charge >= 0.3 is 0 Å². The molecule has 1 amide bonds. The number of ether oxygens (including phenoxy) is 2. The Kier molecular flexibility index (Phi) is 11.4. The predicted octanol–water partition coefficient (Wildman–Crippen LogP) is 2.33. The predicted molar refractivity (Wildman–Crippen MR) is 81.7 cm³/mol. The highest BCUT2D eigenvalue weighted by atomic mass is 32.2. The molecular formula is C14H29NO3S. The highest BCUT2D eigenvalue weighted by molar-refractivity contribution is 7.99. The van der Waals surface area contributed by atoms with Crippen molar-refractivity contribution in [1.29, 1.82) is 0 Å². The van der Waals surface area contributed by atoms with Gasteiger partial charge in [-0.25, -0.2) is 0 Å². The Bertz CT molecular complexity index is 229. The minimum Gasteiger partial charge on any atom is -0.379 e. The minimum absolute atomic E-state index is 0.106. The molecule has 0 aliphatic rings. The van der Waals surface area contributed by atoms with Crippen molar-refractivity contribution in [2.75, 3.05) is 44.5 Å². The molecule has 0 fully saturated rings. The Balaban J connectivity index is 3.26. The zero-order valence-corrected chi connectivity index (χ0v) is 13.6. The van der Waals surface area contributed by atoms with E-state index in [0.29, 0.717) is 44.8 Å². The zero-order valence-electron chi connectivity index (χ0n) is 12.8. The maximum absolute atomic E-state index is 11.5. The Morgan fingerprint density at radius 3 is 2.47 bits per heavy atom. The molecule has 114 valence electrons. The van der Waals surface area contributed by atoms with Crippen molar-refractivity contribution >= 4 is 17.7 Å². The van der Waals surface area contributed by atoms with E-state index < -0.39 is 0 Å². The van der Waals surface area contributed by atoms with Gasteiger partial charge in [0, 0.05) is 25.3 Å². The van der Waals surface area contributed by atoms with Crippen LogP contribution in [0.15, 0.2) is 0 Å². The van der Waals surface area contributed by atoms with E-state index in [1.54, 1.807) is 0 Å². The molecule has 0 aromatic rings. The van der Waals surface area contributed by atoms with Crippen LogP contribution in [-0.2, 0) is 14.3 Å². The average Bonchev–Trinajstić information content (AvgIpc) is 2.32. The molecule has 0 rings (SSSR count). The summed E-state index contributed by atoms with van der Waals surface area (Å²) in [5.41, 5.74) is 0.329. The molecular weight excluding hydrogens is 262 g/mol. The first-order chi connectivity index (χ1) is 8.95. The molecule has 5 heteroatoms. The lowest BCUT2D eigenvalue weighted by Crippen LogP contribution is -2.28. The van der Waals surface area contributed by atoms with Crippen LogP contribution in [0.1, 0.15) is 34.1 Å². The highest BCUT2D eigenvalue weighted by Gasteiger charge is 2.10. The first-order valence-corrected chi connectivity index (χ1v) is 8.11. The number of rotatable bonds is 11. The first-order valence-electron chi connectivity index (χ1n) is 6.95. The van der Waals surface area contributed by atoms with E-state index in [4.69, 9.17) is 9.47 Å². The Morgan fingerprint density at radius 1 is 1.16 bits per heavy atom. The Hall–Kier alpha value is -0.260. The van der Waals surface area contributed by atoms with Crippen LogP contribution in [0, 0.1) is 5.41 Å². The van der Waals surface area contributed by atoms with Crippen LogP contribution >= 0.6 is 11.8 Å². The topological polar surface area (TPSA) is 47.6 Å². The summed E-state index contributed by atoms with van der Waals surface area (Å²) in [6, 6.07) is 0. The monoisotopic (exact) mass is 291 g/mol. The summed E-state index contributed by atoms with van der Waals surface area (Å²) in [6.07, 6.45) is 0.583. The van der Waals surface area contributed by atoms with Gasteiger partial charge in [0.05, 0.1) is 19.8 Å². The fraction of sp³-hybridized carbons (Fsp3) is 0.929. The van der Waals surface area contributed by atoms with E-state index in [2.05, 4.69) is 26.1 Å². The van der Waals surface area contributed by atoms with Gasteiger partial charge in [-0.05, 0) is 18.1 Å². The normalized spacial score (nSPS) is 11.6. The van der Waals surface area contributed by atoms with Crippen molar-refractivity contribution in [3.8, 4) is 0 Å². The van der Waals surface area contributed by atoms with Crippen molar-refractivity contribution < 1.29 is 14.3 Å². The third kappa shape index (κ3) is 15.7. The van der Waals surface area contributed by atoms with Gasteiger partial charge in [-0.15, -0.1) is 0 Å².